The average Bonchev–Trinajstić information content (AvgIpc) is 3.02. The van der Waals surface area contributed by atoms with Gasteiger partial charge in [0.25, 0.3) is 11.6 Å². The molecule has 2 rings (SSSR count). The van der Waals surface area contributed by atoms with E-state index in [2.05, 4.69) is 11.9 Å². The zero-order valence-corrected chi connectivity index (χ0v) is 16.5. The molecule has 152 valence electrons. The first-order valence-corrected chi connectivity index (χ1v) is 9.26. The average molecular weight is 418 g/mol. The molecule has 0 aliphatic heterocycles. The molecule has 0 radical (unpaired) electrons. The number of amides is 1. The molecule has 0 bridgehead atoms. The predicted molar refractivity (Wildman–Crippen MR) is 107 cm³/mol. The molecule has 1 amide bonds. The minimum Gasteiger partial charge on any atom is -0.462 e. The number of rotatable bonds is 8. The van der Waals surface area contributed by atoms with Gasteiger partial charge < -0.3 is 14.8 Å². The van der Waals surface area contributed by atoms with Gasteiger partial charge in [0, 0.05) is 17.7 Å². The van der Waals surface area contributed by atoms with Gasteiger partial charge in [0.1, 0.15) is 16.5 Å². The van der Waals surface area contributed by atoms with E-state index < -0.39 is 22.8 Å². The molecule has 0 fully saturated rings. The van der Waals surface area contributed by atoms with Crippen LogP contribution in [0.2, 0.25) is 0 Å². The Bertz CT molecular complexity index is 981. The first kappa shape index (κ1) is 21.8. The zero-order chi connectivity index (χ0) is 21.6. The van der Waals surface area contributed by atoms with Crippen LogP contribution < -0.4 is 5.32 Å². The van der Waals surface area contributed by atoms with Crippen LogP contribution in [0.1, 0.15) is 42.9 Å². The van der Waals surface area contributed by atoms with Crippen molar-refractivity contribution in [2.24, 2.45) is 0 Å². The van der Waals surface area contributed by atoms with Crippen LogP contribution >= 0.6 is 11.3 Å². The Labute approximate surface area is 170 Å². The van der Waals surface area contributed by atoms with Crippen molar-refractivity contribution in [3.8, 4) is 0 Å². The van der Waals surface area contributed by atoms with Crippen LogP contribution in [0, 0.1) is 17.0 Å². The van der Waals surface area contributed by atoms with Crippen LogP contribution in [0.4, 0.5) is 10.7 Å². The van der Waals surface area contributed by atoms with Crippen LogP contribution in [0.3, 0.4) is 0 Å². The minimum atomic E-state index is -0.710. The minimum absolute atomic E-state index is 0.0136. The standard InChI is InChI=1S/C19H18N2O7S/c1-4-9-28-19(24)15-11(3)14(18(23)27-5-2)17(29-15)20-16(22)12-7-6-8-13(10-12)21(25)26/h4,6-8,10H,1,5,9H2,2-3H3,(H,20,22). The summed E-state index contributed by atoms with van der Waals surface area (Å²) < 4.78 is 10.0. The Balaban J connectivity index is 2.42. The Hall–Kier alpha value is -3.53. The summed E-state index contributed by atoms with van der Waals surface area (Å²) in [6.07, 6.45) is 1.40. The first-order valence-electron chi connectivity index (χ1n) is 8.44. The van der Waals surface area contributed by atoms with E-state index in [1.54, 1.807) is 6.92 Å². The molecule has 10 heteroatoms. The fourth-order valence-corrected chi connectivity index (χ4v) is 3.47. The van der Waals surface area contributed by atoms with Gasteiger partial charge in [-0.05, 0) is 25.5 Å². The van der Waals surface area contributed by atoms with Crippen LogP contribution in [-0.4, -0.2) is 36.0 Å². The summed E-state index contributed by atoms with van der Waals surface area (Å²) >= 11 is 0.857. The quantitative estimate of drug-likeness (QED) is 0.300. The highest BCUT2D eigenvalue weighted by molar-refractivity contribution is 7.18. The van der Waals surface area contributed by atoms with E-state index in [4.69, 9.17) is 9.47 Å². The SMILES string of the molecule is C=CCOC(=O)c1sc(NC(=O)c2cccc([N+](=O)[O-])c2)c(C(=O)OCC)c1C. The maximum atomic E-state index is 12.6. The largest absolute Gasteiger partial charge is 0.462 e. The van der Waals surface area contributed by atoms with Gasteiger partial charge in [-0.1, -0.05) is 18.7 Å². The lowest BCUT2D eigenvalue weighted by molar-refractivity contribution is -0.384. The Morgan fingerprint density at radius 2 is 2.00 bits per heavy atom. The van der Waals surface area contributed by atoms with Crippen molar-refractivity contribution < 1.29 is 28.8 Å². The van der Waals surface area contributed by atoms with E-state index in [1.807, 2.05) is 0 Å². The number of esters is 2. The number of non-ortho nitro benzene ring substituents is 1. The van der Waals surface area contributed by atoms with Crippen molar-refractivity contribution in [2.45, 2.75) is 13.8 Å². The van der Waals surface area contributed by atoms with Gasteiger partial charge in [-0.3, -0.25) is 14.9 Å². The van der Waals surface area contributed by atoms with Crippen LogP contribution in [0.5, 0.6) is 0 Å². The second-order valence-electron chi connectivity index (χ2n) is 5.63. The highest BCUT2D eigenvalue weighted by atomic mass is 32.1. The molecule has 9 nitrogen and oxygen atoms in total. The second-order valence-corrected chi connectivity index (χ2v) is 6.65. The van der Waals surface area contributed by atoms with Crippen molar-refractivity contribution in [3.05, 3.63) is 68.6 Å². The van der Waals surface area contributed by atoms with Gasteiger partial charge in [0.15, 0.2) is 0 Å². The van der Waals surface area contributed by atoms with E-state index in [0.717, 1.165) is 17.4 Å². The molecule has 1 aromatic carbocycles. The number of nitrogens with zero attached hydrogens (tertiary/aromatic N) is 1. The molecule has 0 unspecified atom stereocenters. The summed E-state index contributed by atoms with van der Waals surface area (Å²) in [6.45, 7) is 6.71. The number of anilines is 1. The molecule has 1 aromatic heterocycles. The maximum Gasteiger partial charge on any atom is 0.348 e. The molecule has 1 heterocycles. The molecule has 29 heavy (non-hydrogen) atoms. The van der Waals surface area contributed by atoms with Crippen molar-refractivity contribution >= 4 is 39.9 Å². The Morgan fingerprint density at radius 1 is 1.28 bits per heavy atom. The Kier molecular flexibility index (Phi) is 7.21. The number of ether oxygens (including phenoxy) is 2. The van der Waals surface area contributed by atoms with E-state index in [1.165, 1.54) is 31.2 Å². The predicted octanol–water partition coefficient (Wildman–Crippen LogP) is 3.74. The smallest absolute Gasteiger partial charge is 0.348 e. The summed E-state index contributed by atoms with van der Waals surface area (Å²) in [5, 5.41) is 13.5. The number of carbonyl (C=O) groups is 3. The van der Waals surface area contributed by atoms with E-state index >= 15 is 0 Å². The lowest BCUT2D eigenvalue weighted by Crippen LogP contribution is -2.15. The third-order valence-corrected chi connectivity index (χ3v) is 4.88. The fourth-order valence-electron chi connectivity index (χ4n) is 2.38. The first-order chi connectivity index (χ1) is 13.8. The second kappa shape index (κ2) is 9.60. The number of hydrogen-bond donors (Lipinski definition) is 1. The van der Waals surface area contributed by atoms with Gasteiger partial charge in [-0.15, -0.1) is 11.3 Å². The van der Waals surface area contributed by atoms with Crippen molar-refractivity contribution in [1.82, 2.24) is 0 Å². The topological polar surface area (TPSA) is 125 Å². The number of carbonyl (C=O) groups excluding carboxylic acids is 3. The normalized spacial score (nSPS) is 10.1. The lowest BCUT2D eigenvalue weighted by Gasteiger charge is -2.07. The van der Waals surface area contributed by atoms with Crippen LogP contribution in [0.15, 0.2) is 36.9 Å². The van der Waals surface area contributed by atoms with Gasteiger partial charge in [-0.25, -0.2) is 9.59 Å². The van der Waals surface area contributed by atoms with Crippen molar-refractivity contribution in [3.63, 3.8) is 0 Å². The summed E-state index contributed by atoms with van der Waals surface area (Å²) in [5.74, 6) is -2.06. The number of nitrogens with one attached hydrogen (secondary N) is 1. The summed E-state index contributed by atoms with van der Waals surface area (Å²) in [4.78, 5) is 47.6. The highest BCUT2D eigenvalue weighted by Gasteiger charge is 2.27. The van der Waals surface area contributed by atoms with Gasteiger partial charge >= 0.3 is 11.9 Å². The lowest BCUT2D eigenvalue weighted by atomic mass is 10.1. The summed E-state index contributed by atoms with van der Waals surface area (Å²) in [6, 6.07) is 5.13. The van der Waals surface area contributed by atoms with Crippen LogP contribution in [-0.2, 0) is 9.47 Å². The van der Waals surface area contributed by atoms with E-state index in [-0.39, 0.29) is 39.9 Å². The number of nitro benzene ring substituents is 1. The van der Waals surface area contributed by atoms with Crippen molar-refractivity contribution in [1.29, 1.82) is 0 Å². The summed E-state index contributed by atoms with van der Waals surface area (Å²) in [7, 11) is 0. The van der Waals surface area contributed by atoms with Gasteiger partial charge in [0.05, 0.1) is 17.1 Å². The Morgan fingerprint density at radius 3 is 2.62 bits per heavy atom. The number of hydrogen-bond acceptors (Lipinski definition) is 8. The molecule has 1 N–H and O–H groups in total. The fraction of sp³-hybridized carbons (Fsp3) is 0.211. The molecule has 0 saturated heterocycles. The van der Waals surface area contributed by atoms with Gasteiger partial charge in [0.2, 0.25) is 0 Å². The molecule has 0 saturated carbocycles. The summed E-state index contributed by atoms with van der Waals surface area (Å²) in [5.41, 5.74) is 0.105. The van der Waals surface area contributed by atoms with Crippen LogP contribution in [0.25, 0.3) is 0 Å². The van der Waals surface area contributed by atoms with E-state index in [0.29, 0.717) is 5.56 Å². The molecule has 0 spiro atoms. The third-order valence-electron chi connectivity index (χ3n) is 3.69. The number of benzene rings is 1. The molecule has 0 aliphatic rings. The van der Waals surface area contributed by atoms with Gasteiger partial charge in [-0.2, -0.15) is 0 Å². The maximum absolute atomic E-state index is 12.6. The number of thiophene rings is 1. The molecular weight excluding hydrogens is 400 g/mol. The molecular formula is C19H18N2O7S. The highest BCUT2D eigenvalue weighted by Crippen LogP contribution is 2.34. The monoisotopic (exact) mass is 418 g/mol. The zero-order valence-electron chi connectivity index (χ0n) is 15.7. The van der Waals surface area contributed by atoms with E-state index in [9.17, 15) is 24.5 Å². The molecule has 2 aromatic rings. The molecule has 0 aliphatic carbocycles. The van der Waals surface area contributed by atoms with Crippen molar-refractivity contribution in [2.75, 3.05) is 18.5 Å². The molecule has 0 atom stereocenters. The number of nitro groups is 1. The third kappa shape index (κ3) is 5.05.